The first kappa shape index (κ1) is 18.5. The Labute approximate surface area is 145 Å². The molecule has 1 unspecified atom stereocenters. The fourth-order valence-corrected chi connectivity index (χ4v) is 2.64. The van der Waals surface area contributed by atoms with Crippen LogP contribution in [0.15, 0.2) is 12.4 Å². The van der Waals surface area contributed by atoms with E-state index in [0.29, 0.717) is 6.54 Å². The first-order chi connectivity index (χ1) is 11.0. The van der Waals surface area contributed by atoms with Crippen molar-refractivity contribution in [3.05, 3.63) is 18.1 Å². The van der Waals surface area contributed by atoms with Gasteiger partial charge >= 0.3 is 6.09 Å². The molecule has 1 aliphatic rings. The normalized spacial score (nSPS) is 19.1. The summed E-state index contributed by atoms with van der Waals surface area (Å²) in [5, 5.41) is 3.44. The standard InChI is InChI=1S/C18H30N4O2/c1-17(2,3)14-10-15(20-12-19-14)21-13-8-7-9-22(11-13)16(23)24-18(4,5)6/h10,12-13H,7-9,11H2,1-6H3,(H,19,20,21). The van der Waals surface area contributed by atoms with E-state index < -0.39 is 5.60 Å². The zero-order valence-corrected chi connectivity index (χ0v) is 15.7. The Morgan fingerprint density at radius 1 is 1.25 bits per heavy atom. The van der Waals surface area contributed by atoms with E-state index in [4.69, 9.17) is 4.74 Å². The molecule has 1 amide bonds. The highest BCUT2D eigenvalue weighted by Crippen LogP contribution is 2.23. The molecule has 0 bridgehead atoms. The van der Waals surface area contributed by atoms with Crippen molar-refractivity contribution in [2.24, 2.45) is 0 Å². The Morgan fingerprint density at radius 2 is 1.96 bits per heavy atom. The largest absolute Gasteiger partial charge is 0.444 e. The molecule has 0 spiro atoms. The quantitative estimate of drug-likeness (QED) is 0.895. The van der Waals surface area contributed by atoms with Gasteiger partial charge in [-0.3, -0.25) is 0 Å². The first-order valence-corrected chi connectivity index (χ1v) is 8.61. The fourth-order valence-electron chi connectivity index (χ4n) is 2.64. The molecule has 1 atom stereocenters. The van der Waals surface area contributed by atoms with E-state index in [9.17, 15) is 4.79 Å². The third-order valence-corrected chi connectivity index (χ3v) is 3.86. The van der Waals surface area contributed by atoms with Crippen molar-refractivity contribution in [3.63, 3.8) is 0 Å². The number of carbonyl (C=O) groups is 1. The predicted octanol–water partition coefficient (Wildman–Crippen LogP) is 3.59. The average molecular weight is 334 g/mol. The number of rotatable bonds is 2. The van der Waals surface area contributed by atoms with Crippen LogP contribution in [0.2, 0.25) is 0 Å². The van der Waals surface area contributed by atoms with Gasteiger partial charge < -0.3 is 15.0 Å². The number of anilines is 1. The molecule has 0 radical (unpaired) electrons. The first-order valence-electron chi connectivity index (χ1n) is 8.61. The number of hydrogen-bond donors (Lipinski definition) is 1. The van der Waals surface area contributed by atoms with Crippen molar-refractivity contribution in [3.8, 4) is 0 Å². The molecule has 0 aliphatic carbocycles. The van der Waals surface area contributed by atoms with Crippen LogP contribution < -0.4 is 5.32 Å². The van der Waals surface area contributed by atoms with Crippen LogP contribution in [0, 0.1) is 0 Å². The topological polar surface area (TPSA) is 67.3 Å². The van der Waals surface area contributed by atoms with Crippen molar-refractivity contribution >= 4 is 11.9 Å². The van der Waals surface area contributed by atoms with E-state index in [2.05, 4.69) is 36.1 Å². The minimum Gasteiger partial charge on any atom is -0.444 e. The summed E-state index contributed by atoms with van der Waals surface area (Å²) in [6.45, 7) is 13.4. The Morgan fingerprint density at radius 3 is 2.58 bits per heavy atom. The molecule has 134 valence electrons. The molecular weight excluding hydrogens is 304 g/mol. The molecule has 6 heteroatoms. The SMILES string of the molecule is CC(C)(C)OC(=O)N1CCCC(Nc2cc(C(C)(C)C)ncn2)C1. The number of ether oxygens (including phenoxy) is 1. The van der Waals surface area contributed by atoms with Gasteiger partial charge in [-0.25, -0.2) is 14.8 Å². The molecule has 1 fully saturated rings. The summed E-state index contributed by atoms with van der Waals surface area (Å²) in [5.74, 6) is 0.811. The lowest BCUT2D eigenvalue weighted by Gasteiger charge is -2.34. The van der Waals surface area contributed by atoms with Crippen LogP contribution in [0.25, 0.3) is 0 Å². The van der Waals surface area contributed by atoms with E-state index in [1.54, 1.807) is 11.2 Å². The molecule has 2 heterocycles. The van der Waals surface area contributed by atoms with Crippen molar-refractivity contribution in [1.82, 2.24) is 14.9 Å². The molecule has 1 aliphatic heterocycles. The summed E-state index contributed by atoms with van der Waals surface area (Å²) in [6.07, 6.45) is 3.31. The summed E-state index contributed by atoms with van der Waals surface area (Å²) in [6, 6.07) is 2.17. The maximum absolute atomic E-state index is 12.2. The number of likely N-dealkylation sites (tertiary alicyclic amines) is 1. The van der Waals surface area contributed by atoms with Gasteiger partial charge in [-0.2, -0.15) is 0 Å². The van der Waals surface area contributed by atoms with Crippen molar-refractivity contribution in [2.75, 3.05) is 18.4 Å². The second-order valence-electron chi connectivity index (χ2n) is 8.45. The average Bonchev–Trinajstić information content (AvgIpc) is 2.45. The molecule has 2 rings (SSSR count). The zero-order chi connectivity index (χ0) is 18.0. The van der Waals surface area contributed by atoms with Gasteiger partial charge in [0.05, 0.1) is 5.69 Å². The summed E-state index contributed by atoms with van der Waals surface area (Å²) in [7, 11) is 0. The van der Waals surface area contributed by atoms with Crippen LogP contribution in [-0.4, -0.2) is 45.7 Å². The van der Waals surface area contributed by atoms with Gasteiger partial charge in [0, 0.05) is 30.6 Å². The summed E-state index contributed by atoms with van der Waals surface area (Å²) < 4.78 is 5.47. The van der Waals surface area contributed by atoms with Crippen LogP contribution >= 0.6 is 0 Å². The second kappa shape index (κ2) is 6.95. The van der Waals surface area contributed by atoms with Crippen molar-refractivity contribution in [1.29, 1.82) is 0 Å². The third kappa shape index (κ3) is 5.35. The number of aromatic nitrogens is 2. The van der Waals surface area contributed by atoms with Gasteiger partial charge in [0.2, 0.25) is 0 Å². The van der Waals surface area contributed by atoms with Crippen molar-refractivity contribution < 1.29 is 9.53 Å². The summed E-state index contributed by atoms with van der Waals surface area (Å²) in [4.78, 5) is 22.7. The fraction of sp³-hybridized carbons (Fsp3) is 0.722. The Bertz CT molecular complexity index is 575. The number of carbonyl (C=O) groups excluding carboxylic acids is 1. The lowest BCUT2D eigenvalue weighted by molar-refractivity contribution is 0.0206. The molecule has 6 nitrogen and oxygen atoms in total. The van der Waals surface area contributed by atoms with Gasteiger partial charge in [0.1, 0.15) is 17.7 Å². The van der Waals surface area contributed by atoms with Crippen LogP contribution in [0.5, 0.6) is 0 Å². The van der Waals surface area contributed by atoms with Crippen LogP contribution in [0.1, 0.15) is 60.1 Å². The van der Waals surface area contributed by atoms with Gasteiger partial charge in [0.25, 0.3) is 0 Å². The highest BCUT2D eigenvalue weighted by Gasteiger charge is 2.28. The minimum absolute atomic E-state index is 0.0194. The van der Waals surface area contributed by atoms with Gasteiger partial charge in [-0.05, 0) is 33.6 Å². The van der Waals surface area contributed by atoms with E-state index >= 15 is 0 Å². The molecule has 1 saturated heterocycles. The monoisotopic (exact) mass is 334 g/mol. The number of hydrogen-bond acceptors (Lipinski definition) is 5. The van der Waals surface area contributed by atoms with Crippen LogP contribution in [0.3, 0.4) is 0 Å². The number of nitrogens with zero attached hydrogens (tertiary/aromatic N) is 3. The number of amides is 1. The highest BCUT2D eigenvalue weighted by molar-refractivity contribution is 5.68. The van der Waals surface area contributed by atoms with Gasteiger partial charge in [0.15, 0.2) is 0 Å². The number of piperidine rings is 1. The molecular formula is C18H30N4O2. The molecule has 1 aromatic heterocycles. The lowest BCUT2D eigenvalue weighted by Crippen LogP contribution is -2.47. The Kier molecular flexibility index (Phi) is 5.35. The lowest BCUT2D eigenvalue weighted by atomic mass is 9.92. The van der Waals surface area contributed by atoms with Crippen LogP contribution in [-0.2, 0) is 10.2 Å². The van der Waals surface area contributed by atoms with Crippen LogP contribution in [0.4, 0.5) is 10.6 Å². The van der Waals surface area contributed by atoms with E-state index in [0.717, 1.165) is 30.9 Å². The van der Waals surface area contributed by atoms with Gasteiger partial charge in [-0.1, -0.05) is 20.8 Å². The molecule has 1 aromatic rings. The third-order valence-electron chi connectivity index (χ3n) is 3.86. The number of nitrogens with one attached hydrogen (secondary N) is 1. The molecule has 0 saturated carbocycles. The highest BCUT2D eigenvalue weighted by atomic mass is 16.6. The Balaban J connectivity index is 1.99. The van der Waals surface area contributed by atoms with E-state index in [-0.39, 0.29) is 17.6 Å². The zero-order valence-electron chi connectivity index (χ0n) is 15.7. The van der Waals surface area contributed by atoms with Crippen molar-refractivity contribution in [2.45, 2.75) is 71.4 Å². The molecule has 1 N–H and O–H groups in total. The molecule has 24 heavy (non-hydrogen) atoms. The smallest absolute Gasteiger partial charge is 0.410 e. The predicted molar refractivity (Wildman–Crippen MR) is 95.2 cm³/mol. The second-order valence-corrected chi connectivity index (χ2v) is 8.45. The minimum atomic E-state index is -0.467. The Hall–Kier alpha value is -1.85. The van der Waals surface area contributed by atoms with E-state index in [1.165, 1.54) is 0 Å². The summed E-state index contributed by atoms with van der Waals surface area (Å²) >= 11 is 0. The summed E-state index contributed by atoms with van der Waals surface area (Å²) in [5.41, 5.74) is 0.514. The molecule has 0 aromatic carbocycles. The maximum Gasteiger partial charge on any atom is 0.410 e. The van der Waals surface area contributed by atoms with Gasteiger partial charge in [-0.15, -0.1) is 0 Å². The maximum atomic E-state index is 12.2. The van der Waals surface area contributed by atoms with E-state index in [1.807, 2.05) is 26.8 Å².